The minimum atomic E-state index is -3.31. The van der Waals surface area contributed by atoms with E-state index in [2.05, 4.69) is 20.9 Å². The maximum absolute atomic E-state index is 12.9. The van der Waals surface area contributed by atoms with E-state index in [4.69, 9.17) is 4.42 Å². The van der Waals surface area contributed by atoms with Crippen LogP contribution in [0.4, 0.5) is 5.13 Å². The summed E-state index contributed by atoms with van der Waals surface area (Å²) >= 11 is 4.48. The molecule has 28 heavy (non-hydrogen) atoms. The molecule has 0 unspecified atom stereocenters. The summed E-state index contributed by atoms with van der Waals surface area (Å²) in [7, 11) is 0.527. The van der Waals surface area contributed by atoms with Gasteiger partial charge >= 0.3 is 0 Å². The average Bonchev–Trinajstić information content (AvgIpc) is 3.19. The van der Waals surface area contributed by atoms with Gasteiger partial charge in [-0.05, 0) is 60.4 Å². The number of thiazole rings is 1. The van der Waals surface area contributed by atoms with Crippen molar-refractivity contribution in [3.05, 3.63) is 40.8 Å². The van der Waals surface area contributed by atoms with Gasteiger partial charge in [0.2, 0.25) is 0 Å². The topological polar surface area (TPSA) is 83.7 Å². The molecule has 2 aromatic heterocycles. The molecule has 2 heterocycles. The molecule has 0 saturated carbocycles. The Morgan fingerprint density at radius 1 is 1.21 bits per heavy atom. The van der Waals surface area contributed by atoms with E-state index in [0.29, 0.717) is 33.1 Å². The molecule has 0 saturated heterocycles. The number of aromatic nitrogens is 1. The van der Waals surface area contributed by atoms with Crippen LogP contribution in [0.3, 0.4) is 0 Å². The molecule has 0 bridgehead atoms. The lowest BCUT2D eigenvalue weighted by molar-refractivity contribution is 0.0957. The maximum Gasteiger partial charge on any atom is 0.295 e. The molecular formula is C17H19BrClN3O4S2. The summed E-state index contributed by atoms with van der Waals surface area (Å²) in [6.45, 7) is 1.06. The number of nitrogens with zero attached hydrogens (tertiary/aromatic N) is 3. The van der Waals surface area contributed by atoms with E-state index >= 15 is 0 Å². The number of sulfone groups is 1. The van der Waals surface area contributed by atoms with Gasteiger partial charge in [0.05, 0.1) is 15.1 Å². The molecule has 0 aliphatic carbocycles. The molecular weight excluding hydrogens is 490 g/mol. The Morgan fingerprint density at radius 2 is 1.93 bits per heavy atom. The Kier molecular flexibility index (Phi) is 7.27. The lowest BCUT2D eigenvalue weighted by Crippen LogP contribution is -2.36. The van der Waals surface area contributed by atoms with Gasteiger partial charge in [-0.1, -0.05) is 11.3 Å². The number of amides is 1. The molecule has 1 amide bonds. The van der Waals surface area contributed by atoms with Crippen molar-refractivity contribution < 1.29 is 17.6 Å². The van der Waals surface area contributed by atoms with Gasteiger partial charge in [0.1, 0.15) is 0 Å². The average molecular weight is 509 g/mol. The van der Waals surface area contributed by atoms with Crippen LogP contribution in [0.15, 0.2) is 44.3 Å². The summed E-state index contributed by atoms with van der Waals surface area (Å²) in [5.41, 5.74) is 0.644. The lowest BCUT2D eigenvalue weighted by atomic mass is 10.3. The molecule has 11 heteroatoms. The van der Waals surface area contributed by atoms with Crippen molar-refractivity contribution >= 4 is 70.8 Å². The van der Waals surface area contributed by atoms with Gasteiger partial charge in [-0.25, -0.2) is 13.4 Å². The Morgan fingerprint density at radius 3 is 2.50 bits per heavy atom. The van der Waals surface area contributed by atoms with Gasteiger partial charge in [-0.15, -0.1) is 12.4 Å². The summed E-state index contributed by atoms with van der Waals surface area (Å²) in [6, 6.07) is 8.03. The monoisotopic (exact) mass is 507 g/mol. The van der Waals surface area contributed by atoms with Crippen LogP contribution >= 0.6 is 39.7 Å². The lowest BCUT2D eigenvalue weighted by Gasteiger charge is -2.20. The first kappa shape index (κ1) is 22.8. The largest absolute Gasteiger partial charge is 0.444 e. The molecule has 0 N–H and O–H groups in total. The number of hydrogen-bond donors (Lipinski definition) is 0. The molecule has 3 rings (SSSR count). The van der Waals surface area contributed by atoms with Crippen LogP contribution in [0.2, 0.25) is 0 Å². The van der Waals surface area contributed by atoms with Crippen molar-refractivity contribution in [1.82, 2.24) is 9.88 Å². The van der Waals surface area contributed by atoms with E-state index in [-0.39, 0.29) is 29.0 Å². The van der Waals surface area contributed by atoms with Gasteiger partial charge in [0.25, 0.3) is 5.91 Å². The van der Waals surface area contributed by atoms with Crippen molar-refractivity contribution in [1.29, 1.82) is 0 Å². The second-order valence-corrected chi connectivity index (χ2v) is 10.1. The molecule has 0 aliphatic heterocycles. The fourth-order valence-electron chi connectivity index (χ4n) is 2.39. The van der Waals surface area contributed by atoms with Gasteiger partial charge in [-0.3, -0.25) is 9.69 Å². The van der Waals surface area contributed by atoms with E-state index in [1.807, 2.05) is 19.0 Å². The highest BCUT2D eigenvalue weighted by Crippen LogP contribution is 2.31. The Balaban J connectivity index is 0.00000280. The number of anilines is 1. The highest BCUT2D eigenvalue weighted by molar-refractivity contribution is 9.10. The molecule has 0 fully saturated rings. The predicted octanol–water partition coefficient (Wildman–Crippen LogP) is 3.69. The molecule has 0 radical (unpaired) electrons. The third-order valence-corrected chi connectivity index (χ3v) is 6.39. The number of furan rings is 1. The van der Waals surface area contributed by atoms with E-state index in [1.165, 1.54) is 17.4 Å². The second-order valence-electron chi connectivity index (χ2n) is 6.26. The minimum Gasteiger partial charge on any atom is -0.444 e. The van der Waals surface area contributed by atoms with Gasteiger partial charge in [-0.2, -0.15) is 0 Å². The van der Waals surface area contributed by atoms with Crippen molar-refractivity contribution in [3.8, 4) is 0 Å². The quantitative estimate of drug-likeness (QED) is 0.505. The number of carbonyl (C=O) groups excluding carboxylic acids is 1. The highest BCUT2D eigenvalue weighted by Gasteiger charge is 2.24. The number of likely N-dealkylation sites (N-methyl/N-ethyl adjacent to an activating group) is 1. The normalized spacial score (nSPS) is 11.6. The summed E-state index contributed by atoms with van der Waals surface area (Å²) in [5.74, 6) is -0.0957. The molecule has 1 aromatic carbocycles. The molecule has 0 aliphatic rings. The summed E-state index contributed by atoms with van der Waals surface area (Å²) < 4.78 is 30.2. The van der Waals surface area contributed by atoms with Crippen LogP contribution in [0.25, 0.3) is 10.2 Å². The van der Waals surface area contributed by atoms with Crippen LogP contribution in [0.1, 0.15) is 10.6 Å². The molecule has 152 valence electrons. The zero-order valence-electron chi connectivity index (χ0n) is 15.4. The first-order chi connectivity index (χ1) is 12.6. The Bertz CT molecular complexity index is 1090. The van der Waals surface area contributed by atoms with Crippen molar-refractivity contribution in [2.75, 3.05) is 38.3 Å². The molecule has 3 aromatic rings. The zero-order valence-corrected chi connectivity index (χ0v) is 19.4. The Labute approximate surface area is 181 Å². The Hall–Kier alpha value is -1.46. The van der Waals surface area contributed by atoms with E-state index < -0.39 is 9.84 Å². The summed E-state index contributed by atoms with van der Waals surface area (Å²) in [6.07, 6.45) is 1.16. The minimum absolute atomic E-state index is 0. The number of halogens is 2. The zero-order chi connectivity index (χ0) is 19.8. The smallest absolute Gasteiger partial charge is 0.295 e. The van der Waals surface area contributed by atoms with Crippen LogP contribution < -0.4 is 4.90 Å². The summed E-state index contributed by atoms with van der Waals surface area (Å²) in [5, 5.41) is 0.495. The standard InChI is InChI=1S/C17H18BrN3O4S2.ClH/c1-20(2)8-9-21(16(22)13-6-7-15(18)25-13)17-19-12-5-4-11(27(3,23)24)10-14(12)26-17;/h4-7,10H,8-9H2,1-3H3;1H. The number of fused-ring (bicyclic) bond motifs is 1. The van der Waals surface area contributed by atoms with Crippen molar-refractivity contribution in [2.45, 2.75) is 4.90 Å². The first-order valence-electron chi connectivity index (χ1n) is 7.98. The number of carbonyl (C=O) groups is 1. The second kappa shape index (κ2) is 8.91. The SMILES string of the molecule is CN(C)CCN(C(=O)c1ccc(Br)o1)c1nc2ccc(S(C)(=O)=O)cc2s1.Cl. The van der Waals surface area contributed by atoms with E-state index in [0.717, 1.165) is 6.26 Å². The van der Waals surface area contributed by atoms with E-state index in [9.17, 15) is 13.2 Å². The van der Waals surface area contributed by atoms with Gasteiger partial charge in [0.15, 0.2) is 25.4 Å². The van der Waals surface area contributed by atoms with Gasteiger partial charge in [0, 0.05) is 19.3 Å². The fourth-order valence-corrected chi connectivity index (χ4v) is 4.44. The first-order valence-corrected chi connectivity index (χ1v) is 11.5. The maximum atomic E-state index is 12.9. The fraction of sp³-hybridized carbons (Fsp3) is 0.294. The van der Waals surface area contributed by atoms with Crippen LogP contribution in [-0.4, -0.2) is 57.6 Å². The third kappa shape index (κ3) is 5.12. The van der Waals surface area contributed by atoms with Gasteiger partial charge < -0.3 is 9.32 Å². The van der Waals surface area contributed by atoms with Crippen molar-refractivity contribution in [2.24, 2.45) is 0 Å². The van der Waals surface area contributed by atoms with Crippen molar-refractivity contribution in [3.63, 3.8) is 0 Å². The molecule has 0 spiro atoms. The molecule has 0 atom stereocenters. The summed E-state index contributed by atoms with van der Waals surface area (Å²) in [4.78, 5) is 21.2. The van der Waals surface area contributed by atoms with E-state index in [1.54, 1.807) is 29.2 Å². The van der Waals surface area contributed by atoms with Crippen LogP contribution in [-0.2, 0) is 9.84 Å². The number of benzene rings is 1. The van der Waals surface area contributed by atoms with Crippen LogP contribution in [0, 0.1) is 0 Å². The third-order valence-electron chi connectivity index (χ3n) is 3.81. The highest BCUT2D eigenvalue weighted by atomic mass is 79.9. The molecule has 7 nitrogen and oxygen atoms in total. The number of rotatable bonds is 6. The number of hydrogen-bond acceptors (Lipinski definition) is 7. The predicted molar refractivity (Wildman–Crippen MR) is 117 cm³/mol. The van der Waals surface area contributed by atoms with Crippen LogP contribution in [0.5, 0.6) is 0 Å².